The normalized spacial score (nSPS) is 12.6. The molecule has 0 aliphatic rings. The molecule has 21 heavy (non-hydrogen) atoms. The van der Waals surface area contributed by atoms with E-state index in [0.717, 1.165) is 36.5 Å². The summed E-state index contributed by atoms with van der Waals surface area (Å²) >= 11 is 12.5. The van der Waals surface area contributed by atoms with Gasteiger partial charge in [0.05, 0.1) is 17.6 Å². The Kier molecular flexibility index (Phi) is 5.72. The molecule has 0 spiro atoms. The first-order valence-corrected chi connectivity index (χ1v) is 8.39. The molecule has 0 aliphatic carbocycles. The van der Waals surface area contributed by atoms with E-state index in [1.165, 1.54) is 16.8 Å². The van der Waals surface area contributed by atoms with Crippen molar-refractivity contribution in [2.45, 2.75) is 52.0 Å². The molecule has 1 aromatic carbocycles. The lowest BCUT2D eigenvalue weighted by Gasteiger charge is -2.11. The Balaban J connectivity index is 2.39. The van der Waals surface area contributed by atoms with E-state index in [2.05, 4.69) is 25.5 Å². The van der Waals surface area contributed by atoms with Crippen molar-refractivity contribution < 1.29 is 0 Å². The second-order valence-electron chi connectivity index (χ2n) is 5.17. The Morgan fingerprint density at radius 2 is 1.76 bits per heavy atom. The topological polar surface area (TPSA) is 17.8 Å². The number of aromatic nitrogens is 2. The van der Waals surface area contributed by atoms with Gasteiger partial charge in [-0.05, 0) is 37.0 Å². The van der Waals surface area contributed by atoms with Crippen molar-refractivity contribution in [2.75, 3.05) is 0 Å². The lowest BCUT2D eigenvalue weighted by molar-refractivity contribution is 0.638. The van der Waals surface area contributed by atoms with Gasteiger partial charge in [-0.1, -0.05) is 44.5 Å². The molecule has 0 amide bonds. The first-order valence-electron chi connectivity index (χ1n) is 7.57. The first-order chi connectivity index (χ1) is 10.1. The molecule has 0 aliphatic heterocycles. The summed E-state index contributed by atoms with van der Waals surface area (Å²) in [4.78, 5) is 0. The van der Waals surface area contributed by atoms with Gasteiger partial charge in [0.1, 0.15) is 0 Å². The van der Waals surface area contributed by atoms with E-state index >= 15 is 0 Å². The standard InChI is InChI=1S/C17H22Cl2N2/c1-4-14(19)17-15(5-2)20-21(16(17)6-3)11-12-7-9-13(18)10-8-12/h7-10,14H,4-6,11H2,1-3H3. The maximum Gasteiger partial charge on any atom is 0.0671 e. The summed E-state index contributed by atoms with van der Waals surface area (Å²) in [5, 5.41) is 5.60. The van der Waals surface area contributed by atoms with E-state index in [0.29, 0.717) is 0 Å². The third-order valence-electron chi connectivity index (χ3n) is 3.76. The Hall–Kier alpha value is -0.990. The van der Waals surface area contributed by atoms with Gasteiger partial charge in [-0.2, -0.15) is 5.10 Å². The van der Waals surface area contributed by atoms with E-state index in [1.54, 1.807) is 0 Å². The van der Waals surface area contributed by atoms with Gasteiger partial charge in [0.25, 0.3) is 0 Å². The quantitative estimate of drug-likeness (QED) is 0.650. The van der Waals surface area contributed by atoms with E-state index in [9.17, 15) is 0 Å². The maximum absolute atomic E-state index is 6.52. The van der Waals surface area contributed by atoms with Crippen LogP contribution in [0.4, 0.5) is 0 Å². The Morgan fingerprint density at radius 3 is 2.29 bits per heavy atom. The fourth-order valence-electron chi connectivity index (χ4n) is 2.66. The zero-order chi connectivity index (χ0) is 15.4. The molecule has 1 heterocycles. The lowest BCUT2D eigenvalue weighted by Crippen LogP contribution is -2.07. The third kappa shape index (κ3) is 3.61. The van der Waals surface area contributed by atoms with Gasteiger partial charge in [0, 0.05) is 16.3 Å². The van der Waals surface area contributed by atoms with Gasteiger partial charge in [0.15, 0.2) is 0 Å². The monoisotopic (exact) mass is 324 g/mol. The van der Waals surface area contributed by atoms with E-state index in [4.69, 9.17) is 28.3 Å². The molecule has 0 saturated heterocycles. The molecular formula is C17H22Cl2N2. The van der Waals surface area contributed by atoms with Crippen LogP contribution < -0.4 is 0 Å². The molecule has 0 bridgehead atoms. The number of alkyl halides is 1. The Labute approximate surface area is 137 Å². The third-order valence-corrected chi connectivity index (χ3v) is 4.54. The van der Waals surface area contributed by atoms with Gasteiger partial charge in [-0.3, -0.25) is 4.68 Å². The summed E-state index contributed by atoms with van der Waals surface area (Å²) in [6.07, 6.45) is 2.78. The van der Waals surface area contributed by atoms with E-state index in [-0.39, 0.29) is 5.38 Å². The summed E-state index contributed by atoms with van der Waals surface area (Å²) in [6.45, 7) is 7.18. The van der Waals surface area contributed by atoms with E-state index < -0.39 is 0 Å². The summed E-state index contributed by atoms with van der Waals surface area (Å²) < 4.78 is 2.10. The van der Waals surface area contributed by atoms with Crippen LogP contribution in [-0.2, 0) is 19.4 Å². The van der Waals surface area contributed by atoms with E-state index in [1.807, 2.05) is 24.3 Å². The van der Waals surface area contributed by atoms with Crippen LogP contribution in [0.2, 0.25) is 5.02 Å². The van der Waals surface area contributed by atoms with Crippen molar-refractivity contribution in [3.05, 3.63) is 51.8 Å². The highest BCUT2D eigenvalue weighted by Gasteiger charge is 2.20. The highest BCUT2D eigenvalue weighted by Crippen LogP contribution is 2.31. The molecule has 114 valence electrons. The number of hydrogen-bond donors (Lipinski definition) is 0. The fourth-order valence-corrected chi connectivity index (χ4v) is 3.04. The largest absolute Gasteiger partial charge is 0.265 e. The highest BCUT2D eigenvalue weighted by molar-refractivity contribution is 6.30. The van der Waals surface area contributed by atoms with Gasteiger partial charge in [0.2, 0.25) is 0 Å². The molecule has 1 atom stereocenters. The summed E-state index contributed by atoms with van der Waals surface area (Å²) in [6, 6.07) is 7.94. The van der Waals surface area contributed by atoms with Crippen molar-refractivity contribution in [1.82, 2.24) is 9.78 Å². The van der Waals surface area contributed by atoms with Crippen molar-refractivity contribution >= 4 is 23.2 Å². The minimum Gasteiger partial charge on any atom is -0.265 e. The number of nitrogens with zero attached hydrogens (tertiary/aromatic N) is 2. The first kappa shape index (κ1) is 16.4. The average Bonchev–Trinajstić information content (AvgIpc) is 2.86. The van der Waals surface area contributed by atoms with Crippen molar-refractivity contribution in [2.24, 2.45) is 0 Å². The Morgan fingerprint density at radius 1 is 1.10 bits per heavy atom. The molecule has 1 unspecified atom stereocenters. The predicted molar refractivity (Wildman–Crippen MR) is 90.4 cm³/mol. The number of halogens is 2. The lowest BCUT2D eigenvalue weighted by atomic mass is 10.0. The molecule has 0 saturated carbocycles. The minimum absolute atomic E-state index is 0.0499. The molecule has 2 rings (SSSR count). The smallest absolute Gasteiger partial charge is 0.0671 e. The molecule has 1 aromatic heterocycles. The highest BCUT2D eigenvalue weighted by atomic mass is 35.5. The maximum atomic E-state index is 6.52. The zero-order valence-electron chi connectivity index (χ0n) is 12.9. The fraction of sp³-hybridized carbons (Fsp3) is 0.471. The Bertz CT molecular complexity index is 588. The predicted octanol–water partition coefficient (Wildman–Crippen LogP) is 5.40. The summed E-state index contributed by atoms with van der Waals surface area (Å²) in [5.74, 6) is 0. The number of hydrogen-bond acceptors (Lipinski definition) is 1. The molecule has 0 N–H and O–H groups in total. The van der Waals surface area contributed by atoms with Crippen LogP contribution in [0.15, 0.2) is 24.3 Å². The molecule has 0 fully saturated rings. The number of rotatable bonds is 6. The van der Waals surface area contributed by atoms with Crippen molar-refractivity contribution in [3.8, 4) is 0 Å². The van der Waals surface area contributed by atoms with Crippen molar-refractivity contribution in [3.63, 3.8) is 0 Å². The molecule has 0 radical (unpaired) electrons. The van der Waals surface area contributed by atoms with Crippen LogP contribution in [0.5, 0.6) is 0 Å². The molecule has 2 aromatic rings. The second kappa shape index (κ2) is 7.33. The van der Waals surface area contributed by atoms with Gasteiger partial charge in [-0.25, -0.2) is 0 Å². The van der Waals surface area contributed by atoms with Crippen LogP contribution in [0, 0.1) is 0 Å². The van der Waals surface area contributed by atoms with Crippen LogP contribution in [0.25, 0.3) is 0 Å². The zero-order valence-corrected chi connectivity index (χ0v) is 14.4. The number of aryl methyl sites for hydroxylation is 1. The number of benzene rings is 1. The van der Waals surface area contributed by atoms with Crippen molar-refractivity contribution in [1.29, 1.82) is 0 Å². The average molecular weight is 325 g/mol. The minimum atomic E-state index is 0.0499. The van der Waals surface area contributed by atoms with Gasteiger partial charge >= 0.3 is 0 Å². The molecule has 2 nitrogen and oxygen atoms in total. The molecule has 4 heteroatoms. The van der Waals surface area contributed by atoms with Gasteiger partial charge in [-0.15, -0.1) is 11.6 Å². The van der Waals surface area contributed by atoms with Crippen LogP contribution in [0.1, 0.15) is 55.1 Å². The molecular weight excluding hydrogens is 303 g/mol. The van der Waals surface area contributed by atoms with Crippen LogP contribution in [0.3, 0.4) is 0 Å². The van der Waals surface area contributed by atoms with Crippen LogP contribution in [-0.4, -0.2) is 9.78 Å². The summed E-state index contributed by atoms with van der Waals surface area (Å²) in [7, 11) is 0. The van der Waals surface area contributed by atoms with Crippen LogP contribution >= 0.6 is 23.2 Å². The van der Waals surface area contributed by atoms with Gasteiger partial charge < -0.3 is 0 Å². The second-order valence-corrected chi connectivity index (χ2v) is 6.14. The SMILES string of the molecule is CCc1nn(Cc2ccc(Cl)cc2)c(CC)c1C(Cl)CC. The summed E-state index contributed by atoms with van der Waals surface area (Å²) in [5.41, 5.74) is 4.82.